The van der Waals surface area contributed by atoms with Gasteiger partial charge in [0.1, 0.15) is 0 Å². The Morgan fingerprint density at radius 3 is 2.62 bits per heavy atom. The maximum absolute atomic E-state index is 4.41. The van der Waals surface area contributed by atoms with Crippen molar-refractivity contribution in [1.29, 1.82) is 0 Å². The van der Waals surface area contributed by atoms with Gasteiger partial charge in [0, 0.05) is 13.1 Å². The monoisotopic (exact) mass is 221 g/mol. The number of anilines is 1. The molecule has 0 amide bonds. The molecule has 0 saturated heterocycles. The van der Waals surface area contributed by atoms with Gasteiger partial charge in [-0.05, 0) is 33.1 Å². The normalized spacial score (nSPS) is 12.5. The van der Waals surface area contributed by atoms with Crippen molar-refractivity contribution in [1.82, 2.24) is 9.78 Å². The molecule has 1 heterocycles. The summed E-state index contributed by atoms with van der Waals surface area (Å²) in [7, 11) is 1.98. The summed E-state index contributed by atoms with van der Waals surface area (Å²) in [4.78, 5) is 0. The molecule has 0 fully saturated rings. The molecular weight excluding hydrogens is 198 g/mol. The summed E-state index contributed by atoms with van der Waals surface area (Å²) in [6.45, 7) is 10.1. The van der Waals surface area contributed by atoms with E-state index >= 15 is 0 Å². The van der Waals surface area contributed by atoms with Crippen molar-refractivity contribution in [2.75, 3.05) is 5.32 Å². The molecule has 1 unspecified atom stereocenters. The first kappa shape index (κ1) is 12.8. The van der Waals surface area contributed by atoms with Gasteiger partial charge in [0.25, 0.3) is 0 Å². The highest BCUT2D eigenvalue weighted by molar-refractivity contribution is 5.52. The largest absolute Gasteiger partial charge is 0.379 e. The van der Waals surface area contributed by atoms with Gasteiger partial charge in [0.2, 0.25) is 0 Å². The molecule has 1 rings (SSSR count). The fourth-order valence-corrected chi connectivity index (χ4v) is 1.88. The Balaban J connectivity index is 2.73. The van der Waals surface area contributed by atoms with E-state index in [4.69, 9.17) is 0 Å². The van der Waals surface area contributed by atoms with E-state index in [9.17, 15) is 0 Å². The van der Waals surface area contributed by atoms with E-state index in [2.05, 4.69) is 37.8 Å². The Morgan fingerprint density at radius 2 is 2.19 bits per heavy atom. The summed E-state index contributed by atoms with van der Waals surface area (Å²) in [5, 5.41) is 8.00. The van der Waals surface area contributed by atoms with Crippen LogP contribution < -0.4 is 5.32 Å². The predicted octanol–water partition coefficient (Wildman–Crippen LogP) is 3.19. The maximum Gasteiger partial charge on any atom is 0.0827 e. The van der Waals surface area contributed by atoms with Gasteiger partial charge in [-0.1, -0.05) is 13.0 Å². The van der Waals surface area contributed by atoms with Crippen LogP contribution in [0.5, 0.6) is 0 Å². The van der Waals surface area contributed by atoms with Crippen LogP contribution in [0.4, 0.5) is 5.69 Å². The van der Waals surface area contributed by atoms with Crippen molar-refractivity contribution < 1.29 is 0 Å². The molecule has 0 spiro atoms. The quantitative estimate of drug-likeness (QED) is 0.748. The zero-order valence-corrected chi connectivity index (χ0v) is 10.9. The van der Waals surface area contributed by atoms with Crippen LogP contribution >= 0.6 is 0 Å². The van der Waals surface area contributed by atoms with E-state index in [1.54, 1.807) is 0 Å². The number of nitrogens with one attached hydrogen (secondary N) is 1. The van der Waals surface area contributed by atoms with Gasteiger partial charge < -0.3 is 5.32 Å². The van der Waals surface area contributed by atoms with Crippen LogP contribution in [-0.4, -0.2) is 15.8 Å². The number of aromatic nitrogens is 2. The molecule has 0 bridgehead atoms. The molecule has 1 aromatic heterocycles. The van der Waals surface area contributed by atoms with Crippen molar-refractivity contribution in [2.24, 2.45) is 7.05 Å². The highest BCUT2D eigenvalue weighted by Gasteiger charge is 2.12. The Kier molecular flexibility index (Phi) is 4.59. The van der Waals surface area contributed by atoms with Crippen LogP contribution in [-0.2, 0) is 7.05 Å². The minimum Gasteiger partial charge on any atom is -0.379 e. The molecular formula is C13H23N3. The first-order valence-corrected chi connectivity index (χ1v) is 5.97. The van der Waals surface area contributed by atoms with Crippen molar-refractivity contribution in [3.63, 3.8) is 0 Å². The molecule has 0 aliphatic rings. The second-order valence-corrected chi connectivity index (χ2v) is 4.28. The number of hydrogen-bond donors (Lipinski definition) is 1. The lowest BCUT2D eigenvalue weighted by atomic mass is 10.1. The van der Waals surface area contributed by atoms with Crippen LogP contribution in [0.15, 0.2) is 12.7 Å². The van der Waals surface area contributed by atoms with E-state index < -0.39 is 0 Å². The topological polar surface area (TPSA) is 29.9 Å². The van der Waals surface area contributed by atoms with Crippen molar-refractivity contribution in [2.45, 2.75) is 46.1 Å². The first-order valence-electron chi connectivity index (χ1n) is 5.97. The number of rotatable bonds is 6. The molecule has 1 atom stereocenters. The molecule has 90 valence electrons. The van der Waals surface area contributed by atoms with Gasteiger partial charge >= 0.3 is 0 Å². The highest BCUT2D eigenvalue weighted by Crippen LogP contribution is 2.21. The predicted molar refractivity (Wildman–Crippen MR) is 69.8 cm³/mol. The van der Waals surface area contributed by atoms with Crippen LogP contribution in [0.25, 0.3) is 0 Å². The molecule has 0 radical (unpaired) electrons. The standard InChI is InChI=1S/C13H23N3/c1-6-8-9-12(7-2)14-13-10(3)15-16(5)11(13)4/h6,12,14H,1,7-9H2,2-5H3. The van der Waals surface area contributed by atoms with E-state index in [-0.39, 0.29) is 0 Å². The number of allylic oxidation sites excluding steroid dienone is 1. The van der Waals surface area contributed by atoms with E-state index in [1.807, 2.05) is 17.8 Å². The second-order valence-electron chi connectivity index (χ2n) is 4.28. The van der Waals surface area contributed by atoms with Crippen LogP contribution in [0, 0.1) is 13.8 Å². The molecule has 0 aliphatic carbocycles. The molecule has 3 heteroatoms. The van der Waals surface area contributed by atoms with E-state index in [0.717, 1.165) is 25.0 Å². The Labute approximate surface area is 98.5 Å². The summed E-state index contributed by atoms with van der Waals surface area (Å²) in [6, 6.07) is 0.514. The van der Waals surface area contributed by atoms with Gasteiger partial charge in [0.15, 0.2) is 0 Å². The van der Waals surface area contributed by atoms with Gasteiger partial charge in [-0.25, -0.2) is 0 Å². The summed E-state index contributed by atoms with van der Waals surface area (Å²) >= 11 is 0. The van der Waals surface area contributed by atoms with Crippen molar-refractivity contribution >= 4 is 5.69 Å². The molecule has 1 aromatic rings. The summed E-state index contributed by atoms with van der Waals surface area (Å²) in [5.41, 5.74) is 3.48. The molecule has 16 heavy (non-hydrogen) atoms. The molecule has 3 nitrogen and oxygen atoms in total. The minimum absolute atomic E-state index is 0.514. The highest BCUT2D eigenvalue weighted by atomic mass is 15.3. The Bertz CT molecular complexity index is 352. The smallest absolute Gasteiger partial charge is 0.0827 e. The van der Waals surface area contributed by atoms with Crippen LogP contribution in [0.3, 0.4) is 0 Å². The lowest BCUT2D eigenvalue weighted by Gasteiger charge is -2.17. The van der Waals surface area contributed by atoms with Gasteiger partial charge in [-0.3, -0.25) is 4.68 Å². The summed E-state index contributed by atoms with van der Waals surface area (Å²) in [6.07, 6.45) is 5.30. The number of aryl methyl sites for hydroxylation is 2. The SMILES string of the molecule is C=CCCC(CC)Nc1c(C)nn(C)c1C. The fourth-order valence-electron chi connectivity index (χ4n) is 1.88. The summed E-state index contributed by atoms with van der Waals surface area (Å²) < 4.78 is 1.93. The molecule has 1 N–H and O–H groups in total. The zero-order chi connectivity index (χ0) is 12.1. The minimum atomic E-state index is 0.514. The van der Waals surface area contributed by atoms with Gasteiger partial charge in [-0.15, -0.1) is 6.58 Å². The van der Waals surface area contributed by atoms with Gasteiger partial charge in [-0.2, -0.15) is 5.10 Å². The zero-order valence-electron chi connectivity index (χ0n) is 10.9. The number of nitrogens with zero attached hydrogens (tertiary/aromatic N) is 2. The van der Waals surface area contributed by atoms with E-state index in [0.29, 0.717) is 6.04 Å². The lowest BCUT2D eigenvalue weighted by molar-refractivity contribution is 0.640. The Morgan fingerprint density at radius 1 is 1.50 bits per heavy atom. The fraction of sp³-hybridized carbons (Fsp3) is 0.615. The van der Waals surface area contributed by atoms with E-state index in [1.165, 1.54) is 11.4 Å². The van der Waals surface area contributed by atoms with Crippen LogP contribution in [0.2, 0.25) is 0 Å². The molecule has 0 aromatic carbocycles. The third-order valence-electron chi connectivity index (χ3n) is 3.07. The van der Waals surface area contributed by atoms with Crippen molar-refractivity contribution in [3.05, 3.63) is 24.0 Å². The molecule has 0 saturated carbocycles. The third kappa shape index (κ3) is 2.87. The molecule has 0 aliphatic heterocycles. The maximum atomic E-state index is 4.41. The van der Waals surface area contributed by atoms with Gasteiger partial charge in [0.05, 0.1) is 17.1 Å². The van der Waals surface area contributed by atoms with Crippen molar-refractivity contribution in [3.8, 4) is 0 Å². The summed E-state index contributed by atoms with van der Waals surface area (Å²) in [5.74, 6) is 0. The van der Waals surface area contributed by atoms with Crippen LogP contribution in [0.1, 0.15) is 37.6 Å². The average Bonchev–Trinajstić information content (AvgIpc) is 2.50. The number of hydrogen-bond acceptors (Lipinski definition) is 2. The second kappa shape index (κ2) is 5.73. The Hall–Kier alpha value is -1.25. The third-order valence-corrected chi connectivity index (χ3v) is 3.07. The average molecular weight is 221 g/mol. The first-order chi connectivity index (χ1) is 7.60. The lowest BCUT2D eigenvalue weighted by Crippen LogP contribution is -2.18.